The van der Waals surface area contributed by atoms with Gasteiger partial charge >= 0.3 is 5.97 Å². The van der Waals surface area contributed by atoms with E-state index in [9.17, 15) is 4.79 Å². The van der Waals surface area contributed by atoms with Gasteiger partial charge in [-0.05, 0) is 34.5 Å². The minimum absolute atomic E-state index is 0.442. The molecule has 94 valence electrons. The second-order valence-corrected chi connectivity index (χ2v) is 3.97. The largest absolute Gasteiger partial charge is 0.497 e. The van der Waals surface area contributed by atoms with Crippen LogP contribution in [0.2, 0.25) is 0 Å². The number of ether oxygens (including phenoxy) is 2. The zero-order chi connectivity index (χ0) is 13.1. The fourth-order valence-corrected chi connectivity index (χ4v) is 1.83. The van der Waals surface area contributed by atoms with E-state index in [1.807, 2.05) is 36.4 Å². The van der Waals surface area contributed by atoms with Crippen LogP contribution in [0.3, 0.4) is 0 Å². The average Bonchev–Trinajstić information content (AvgIpc) is 2.44. The van der Waals surface area contributed by atoms with Gasteiger partial charge in [0.15, 0.2) is 0 Å². The molecule has 0 heterocycles. The quantitative estimate of drug-likeness (QED) is 0.840. The van der Waals surface area contributed by atoms with E-state index >= 15 is 0 Å². The standard InChI is InChI=1S/C14H15NO3/c1-17-12-6-5-9-7-11(4-3-10(9)8-12)13(15)14(16)18-2/h3-8,13H,15H2,1-2H3/t13-/m0/s1. The summed E-state index contributed by atoms with van der Waals surface area (Å²) in [6.07, 6.45) is 0. The van der Waals surface area contributed by atoms with E-state index in [1.54, 1.807) is 7.11 Å². The first-order valence-corrected chi connectivity index (χ1v) is 5.57. The van der Waals surface area contributed by atoms with Gasteiger partial charge in [-0.3, -0.25) is 4.79 Å². The summed E-state index contributed by atoms with van der Waals surface area (Å²) >= 11 is 0. The fourth-order valence-electron chi connectivity index (χ4n) is 1.83. The second kappa shape index (κ2) is 5.06. The van der Waals surface area contributed by atoms with E-state index in [1.165, 1.54) is 7.11 Å². The summed E-state index contributed by atoms with van der Waals surface area (Å²) in [7, 11) is 2.96. The Labute approximate surface area is 105 Å². The summed E-state index contributed by atoms with van der Waals surface area (Å²) in [6, 6.07) is 10.6. The molecule has 2 rings (SSSR count). The molecule has 1 atom stereocenters. The first kappa shape index (κ1) is 12.4. The molecule has 0 aliphatic carbocycles. The minimum Gasteiger partial charge on any atom is -0.497 e. The van der Waals surface area contributed by atoms with Gasteiger partial charge in [-0.25, -0.2) is 0 Å². The minimum atomic E-state index is -0.749. The zero-order valence-corrected chi connectivity index (χ0v) is 10.3. The molecule has 2 aromatic rings. The third-order valence-corrected chi connectivity index (χ3v) is 2.89. The van der Waals surface area contributed by atoms with Crippen LogP contribution in [-0.2, 0) is 9.53 Å². The summed E-state index contributed by atoms with van der Waals surface area (Å²) in [5.41, 5.74) is 6.53. The SMILES string of the molecule is COC(=O)[C@@H](N)c1ccc2cc(OC)ccc2c1. The summed E-state index contributed by atoms with van der Waals surface area (Å²) in [4.78, 5) is 11.4. The van der Waals surface area contributed by atoms with Gasteiger partial charge < -0.3 is 15.2 Å². The average molecular weight is 245 g/mol. The topological polar surface area (TPSA) is 61.5 Å². The monoisotopic (exact) mass is 245 g/mol. The van der Waals surface area contributed by atoms with E-state index in [4.69, 9.17) is 10.5 Å². The summed E-state index contributed by atoms with van der Waals surface area (Å²) in [6.45, 7) is 0. The van der Waals surface area contributed by atoms with Crippen LogP contribution >= 0.6 is 0 Å². The van der Waals surface area contributed by atoms with E-state index in [0.717, 1.165) is 22.1 Å². The number of carbonyl (C=O) groups is 1. The van der Waals surface area contributed by atoms with Gasteiger partial charge in [0, 0.05) is 0 Å². The lowest BCUT2D eigenvalue weighted by atomic mass is 10.0. The maximum Gasteiger partial charge on any atom is 0.327 e. The van der Waals surface area contributed by atoms with Gasteiger partial charge in [0.1, 0.15) is 11.8 Å². The Hall–Kier alpha value is -2.07. The predicted molar refractivity (Wildman–Crippen MR) is 69.4 cm³/mol. The summed E-state index contributed by atoms with van der Waals surface area (Å²) in [5.74, 6) is 0.357. The zero-order valence-electron chi connectivity index (χ0n) is 10.3. The van der Waals surface area contributed by atoms with Crippen LogP contribution in [0.15, 0.2) is 36.4 Å². The lowest BCUT2D eigenvalue weighted by molar-refractivity contribution is -0.142. The lowest BCUT2D eigenvalue weighted by Gasteiger charge is -2.10. The molecule has 0 fully saturated rings. The van der Waals surface area contributed by atoms with Gasteiger partial charge in [0.25, 0.3) is 0 Å². The molecule has 0 radical (unpaired) electrons. The highest BCUT2D eigenvalue weighted by molar-refractivity contribution is 5.86. The van der Waals surface area contributed by atoms with Crippen molar-refractivity contribution in [2.24, 2.45) is 5.73 Å². The van der Waals surface area contributed by atoms with Crippen molar-refractivity contribution in [3.05, 3.63) is 42.0 Å². The number of methoxy groups -OCH3 is 2. The van der Waals surface area contributed by atoms with Crippen molar-refractivity contribution in [2.45, 2.75) is 6.04 Å². The van der Waals surface area contributed by atoms with E-state index in [0.29, 0.717) is 0 Å². The number of benzene rings is 2. The highest BCUT2D eigenvalue weighted by Gasteiger charge is 2.16. The Bertz CT molecular complexity index is 580. The van der Waals surface area contributed by atoms with Crippen LogP contribution in [0, 0.1) is 0 Å². The van der Waals surface area contributed by atoms with E-state index in [-0.39, 0.29) is 0 Å². The second-order valence-electron chi connectivity index (χ2n) is 3.97. The molecule has 0 amide bonds. The molecule has 0 bridgehead atoms. The Morgan fingerprint density at radius 3 is 2.44 bits per heavy atom. The van der Waals surface area contributed by atoms with Crippen molar-refractivity contribution in [1.29, 1.82) is 0 Å². The Morgan fingerprint density at radius 2 is 1.78 bits per heavy atom. The molecule has 2 aromatic carbocycles. The van der Waals surface area contributed by atoms with Crippen LogP contribution in [0.1, 0.15) is 11.6 Å². The van der Waals surface area contributed by atoms with Crippen LogP contribution in [0.4, 0.5) is 0 Å². The van der Waals surface area contributed by atoms with Gasteiger partial charge in [0.05, 0.1) is 14.2 Å². The van der Waals surface area contributed by atoms with Gasteiger partial charge in [0.2, 0.25) is 0 Å². The molecule has 0 saturated carbocycles. The normalized spacial score (nSPS) is 12.2. The molecule has 2 N–H and O–H groups in total. The van der Waals surface area contributed by atoms with Crippen molar-refractivity contribution in [1.82, 2.24) is 0 Å². The van der Waals surface area contributed by atoms with E-state index in [2.05, 4.69) is 4.74 Å². The van der Waals surface area contributed by atoms with E-state index < -0.39 is 12.0 Å². The smallest absolute Gasteiger partial charge is 0.327 e. The van der Waals surface area contributed by atoms with Gasteiger partial charge in [-0.15, -0.1) is 0 Å². The Balaban J connectivity index is 2.42. The molecule has 4 nitrogen and oxygen atoms in total. The van der Waals surface area contributed by atoms with Crippen LogP contribution < -0.4 is 10.5 Å². The molecule has 4 heteroatoms. The molecule has 0 unspecified atom stereocenters. The molecule has 18 heavy (non-hydrogen) atoms. The first-order chi connectivity index (χ1) is 8.65. The van der Waals surface area contributed by atoms with Crippen molar-refractivity contribution in [2.75, 3.05) is 14.2 Å². The Morgan fingerprint density at radius 1 is 1.11 bits per heavy atom. The fraction of sp³-hybridized carbons (Fsp3) is 0.214. The maximum absolute atomic E-state index is 11.4. The van der Waals surface area contributed by atoms with Gasteiger partial charge in [-0.2, -0.15) is 0 Å². The number of carbonyl (C=O) groups excluding carboxylic acids is 1. The number of esters is 1. The van der Waals surface area contributed by atoms with Gasteiger partial charge in [-0.1, -0.05) is 18.2 Å². The van der Waals surface area contributed by atoms with Crippen molar-refractivity contribution in [3.8, 4) is 5.75 Å². The van der Waals surface area contributed by atoms with Crippen LogP contribution in [0.5, 0.6) is 5.75 Å². The predicted octanol–water partition coefficient (Wildman–Crippen LogP) is 2.02. The Kier molecular flexibility index (Phi) is 3.48. The molecule has 0 aromatic heterocycles. The van der Waals surface area contributed by atoms with Crippen molar-refractivity contribution >= 4 is 16.7 Å². The summed E-state index contributed by atoms with van der Waals surface area (Å²) < 4.78 is 9.79. The summed E-state index contributed by atoms with van der Waals surface area (Å²) in [5, 5.41) is 2.04. The molecular formula is C14H15NO3. The van der Waals surface area contributed by atoms with Crippen LogP contribution in [0.25, 0.3) is 10.8 Å². The number of rotatable bonds is 3. The van der Waals surface area contributed by atoms with Crippen LogP contribution in [-0.4, -0.2) is 20.2 Å². The third kappa shape index (κ3) is 2.28. The highest BCUT2D eigenvalue weighted by Crippen LogP contribution is 2.24. The number of hydrogen-bond donors (Lipinski definition) is 1. The van der Waals surface area contributed by atoms with Crippen molar-refractivity contribution in [3.63, 3.8) is 0 Å². The third-order valence-electron chi connectivity index (χ3n) is 2.89. The number of fused-ring (bicyclic) bond motifs is 1. The molecule has 0 aliphatic heterocycles. The lowest BCUT2D eigenvalue weighted by Crippen LogP contribution is -2.22. The maximum atomic E-state index is 11.4. The number of hydrogen-bond acceptors (Lipinski definition) is 4. The molecule has 0 spiro atoms. The highest BCUT2D eigenvalue weighted by atomic mass is 16.5. The first-order valence-electron chi connectivity index (χ1n) is 5.57. The molecule has 0 saturated heterocycles. The molecular weight excluding hydrogens is 230 g/mol. The number of nitrogens with two attached hydrogens (primary N) is 1. The van der Waals surface area contributed by atoms with Crippen molar-refractivity contribution < 1.29 is 14.3 Å². The molecule has 0 aliphatic rings.